The van der Waals surface area contributed by atoms with E-state index in [9.17, 15) is 4.79 Å². The SMILES string of the molecule is Cc1ccc(CNC(=O)CSc2nnc(COc3ccccc3)n2CCC(C)C)cc1. The molecule has 0 aliphatic heterocycles. The number of ether oxygens (including phenoxy) is 1. The van der Waals surface area contributed by atoms with Crippen molar-refractivity contribution in [3.8, 4) is 5.75 Å². The highest BCUT2D eigenvalue weighted by Crippen LogP contribution is 2.20. The molecule has 3 aromatic rings. The van der Waals surface area contributed by atoms with Crippen molar-refractivity contribution >= 4 is 17.7 Å². The van der Waals surface area contributed by atoms with Crippen LogP contribution in [0.25, 0.3) is 0 Å². The molecule has 0 saturated carbocycles. The van der Waals surface area contributed by atoms with E-state index in [2.05, 4.69) is 33.9 Å². The van der Waals surface area contributed by atoms with E-state index in [4.69, 9.17) is 4.74 Å². The Hall–Kier alpha value is -2.80. The number of rotatable bonds is 11. The number of benzene rings is 2. The van der Waals surface area contributed by atoms with Crippen molar-refractivity contribution < 1.29 is 9.53 Å². The summed E-state index contributed by atoms with van der Waals surface area (Å²) in [6, 6.07) is 17.8. The third-order valence-corrected chi connectivity index (χ3v) is 5.74. The Labute approximate surface area is 188 Å². The van der Waals surface area contributed by atoms with Crippen molar-refractivity contribution in [3.63, 3.8) is 0 Å². The molecule has 0 saturated heterocycles. The summed E-state index contributed by atoms with van der Waals surface area (Å²) >= 11 is 1.41. The van der Waals surface area contributed by atoms with Crippen LogP contribution in [0.1, 0.15) is 37.2 Å². The van der Waals surface area contributed by atoms with E-state index in [1.807, 2.05) is 61.5 Å². The minimum atomic E-state index is -0.0222. The van der Waals surface area contributed by atoms with Crippen LogP contribution in [0, 0.1) is 12.8 Å². The highest BCUT2D eigenvalue weighted by atomic mass is 32.2. The maximum absolute atomic E-state index is 12.3. The third-order valence-electron chi connectivity index (χ3n) is 4.78. The quantitative estimate of drug-likeness (QED) is 0.443. The number of aromatic nitrogens is 3. The molecule has 0 atom stereocenters. The number of thioether (sulfide) groups is 1. The molecule has 1 aromatic heterocycles. The molecule has 31 heavy (non-hydrogen) atoms. The van der Waals surface area contributed by atoms with Crippen molar-refractivity contribution in [1.29, 1.82) is 0 Å². The summed E-state index contributed by atoms with van der Waals surface area (Å²) in [6.45, 7) is 8.09. The number of hydrogen-bond acceptors (Lipinski definition) is 5. The van der Waals surface area contributed by atoms with Crippen molar-refractivity contribution in [2.75, 3.05) is 5.75 Å². The molecule has 0 spiro atoms. The molecule has 164 valence electrons. The molecule has 0 aliphatic carbocycles. The van der Waals surface area contributed by atoms with Gasteiger partial charge in [0.2, 0.25) is 5.91 Å². The zero-order valence-electron chi connectivity index (χ0n) is 18.4. The third kappa shape index (κ3) is 7.43. The maximum atomic E-state index is 12.3. The van der Waals surface area contributed by atoms with Gasteiger partial charge in [-0.2, -0.15) is 0 Å². The van der Waals surface area contributed by atoms with Gasteiger partial charge in [0.1, 0.15) is 12.4 Å². The second kappa shape index (κ2) is 11.6. The van der Waals surface area contributed by atoms with Gasteiger partial charge in [-0.05, 0) is 37.0 Å². The van der Waals surface area contributed by atoms with Gasteiger partial charge in [-0.25, -0.2) is 0 Å². The van der Waals surface area contributed by atoms with E-state index in [1.165, 1.54) is 17.3 Å². The highest BCUT2D eigenvalue weighted by molar-refractivity contribution is 7.99. The summed E-state index contributed by atoms with van der Waals surface area (Å²) in [5.41, 5.74) is 2.29. The van der Waals surface area contributed by atoms with Crippen LogP contribution >= 0.6 is 11.8 Å². The van der Waals surface area contributed by atoms with Crippen LogP contribution in [-0.4, -0.2) is 26.4 Å². The first-order chi connectivity index (χ1) is 15.0. The Kier molecular flexibility index (Phi) is 8.53. The lowest BCUT2D eigenvalue weighted by molar-refractivity contribution is -0.118. The number of aryl methyl sites for hydroxylation is 1. The summed E-state index contributed by atoms with van der Waals surface area (Å²) < 4.78 is 7.93. The van der Waals surface area contributed by atoms with Crippen LogP contribution in [-0.2, 0) is 24.5 Å². The lowest BCUT2D eigenvalue weighted by Gasteiger charge is -2.12. The largest absolute Gasteiger partial charge is 0.486 e. The summed E-state index contributed by atoms with van der Waals surface area (Å²) in [5.74, 6) is 2.40. The molecule has 3 rings (SSSR count). The van der Waals surface area contributed by atoms with Gasteiger partial charge in [-0.3, -0.25) is 4.79 Å². The monoisotopic (exact) mass is 438 g/mol. The van der Waals surface area contributed by atoms with Crippen molar-refractivity contribution in [2.45, 2.75) is 52.0 Å². The van der Waals surface area contributed by atoms with Crippen LogP contribution in [0.3, 0.4) is 0 Å². The number of carbonyl (C=O) groups excluding carboxylic acids is 1. The standard InChI is InChI=1S/C24H30N4O2S/c1-18(2)13-14-28-22(16-30-21-7-5-4-6-8-21)26-27-24(28)31-17-23(29)25-15-20-11-9-19(3)10-12-20/h4-12,18H,13-17H2,1-3H3,(H,25,29). The highest BCUT2D eigenvalue weighted by Gasteiger charge is 2.15. The summed E-state index contributed by atoms with van der Waals surface area (Å²) in [4.78, 5) is 12.3. The Balaban J connectivity index is 1.57. The fraction of sp³-hybridized carbons (Fsp3) is 0.375. The number of amides is 1. The number of nitrogens with one attached hydrogen (secondary N) is 1. The normalized spacial score (nSPS) is 11.0. The second-order valence-electron chi connectivity index (χ2n) is 7.89. The van der Waals surface area contributed by atoms with Gasteiger partial charge in [0.05, 0.1) is 5.75 Å². The van der Waals surface area contributed by atoms with Crippen LogP contribution in [0.5, 0.6) is 5.75 Å². The first-order valence-corrected chi connectivity index (χ1v) is 11.5. The van der Waals surface area contributed by atoms with Gasteiger partial charge < -0.3 is 14.6 Å². The number of para-hydroxylation sites is 1. The smallest absolute Gasteiger partial charge is 0.230 e. The minimum Gasteiger partial charge on any atom is -0.486 e. The zero-order valence-corrected chi connectivity index (χ0v) is 19.2. The first kappa shape index (κ1) is 22.9. The summed E-state index contributed by atoms with van der Waals surface area (Å²) in [5, 5.41) is 12.4. The van der Waals surface area contributed by atoms with E-state index >= 15 is 0 Å². The van der Waals surface area contributed by atoms with Gasteiger partial charge in [0.15, 0.2) is 11.0 Å². The number of nitrogens with zero attached hydrogens (tertiary/aromatic N) is 3. The van der Waals surface area contributed by atoms with Gasteiger partial charge >= 0.3 is 0 Å². The maximum Gasteiger partial charge on any atom is 0.230 e. The molecule has 0 unspecified atom stereocenters. The van der Waals surface area contributed by atoms with Crippen molar-refractivity contribution in [2.24, 2.45) is 5.92 Å². The molecule has 0 bridgehead atoms. The Morgan fingerprint density at radius 2 is 1.84 bits per heavy atom. The Morgan fingerprint density at radius 1 is 1.10 bits per heavy atom. The molecule has 0 radical (unpaired) electrons. The van der Waals surface area contributed by atoms with Gasteiger partial charge in [0.25, 0.3) is 0 Å². The lowest BCUT2D eigenvalue weighted by Crippen LogP contribution is -2.24. The van der Waals surface area contributed by atoms with Crippen molar-refractivity contribution in [3.05, 3.63) is 71.5 Å². The molecule has 0 aliphatic rings. The second-order valence-corrected chi connectivity index (χ2v) is 8.83. The van der Waals surface area contributed by atoms with Crippen LogP contribution < -0.4 is 10.1 Å². The predicted molar refractivity (Wildman–Crippen MR) is 124 cm³/mol. The number of hydrogen-bond donors (Lipinski definition) is 1. The molecule has 7 heteroatoms. The van der Waals surface area contributed by atoms with E-state index in [0.29, 0.717) is 24.8 Å². The number of carbonyl (C=O) groups is 1. The zero-order chi connectivity index (χ0) is 22.1. The van der Waals surface area contributed by atoms with Gasteiger partial charge in [-0.15, -0.1) is 10.2 Å². The van der Waals surface area contributed by atoms with Gasteiger partial charge in [-0.1, -0.05) is 73.6 Å². The summed E-state index contributed by atoms with van der Waals surface area (Å²) in [7, 11) is 0. The van der Waals surface area contributed by atoms with Gasteiger partial charge in [0, 0.05) is 13.1 Å². The molecule has 1 amide bonds. The van der Waals surface area contributed by atoms with Crippen molar-refractivity contribution in [1.82, 2.24) is 20.1 Å². The molecule has 6 nitrogen and oxygen atoms in total. The average Bonchev–Trinajstić information content (AvgIpc) is 3.16. The van der Waals surface area contributed by atoms with Crippen LogP contribution in [0.2, 0.25) is 0 Å². The molecular weight excluding hydrogens is 408 g/mol. The van der Waals surface area contributed by atoms with E-state index < -0.39 is 0 Å². The van der Waals surface area contributed by atoms with E-state index in [1.54, 1.807) is 0 Å². The molecule has 1 N–H and O–H groups in total. The van der Waals surface area contributed by atoms with E-state index in [-0.39, 0.29) is 5.91 Å². The fourth-order valence-corrected chi connectivity index (χ4v) is 3.71. The predicted octanol–water partition coefficient (Wildman–Crippen LogP) is 4.62. The molecular formula is C24H30N4O2S. The van der Waals surface area contributed by atoms with Crippen LogP contribution in [0.15, 0.2) is 59.8 Å². The molecule has 0 fully saturated rings. The Morgan fingerprint density at radius 3 is 2.55 bits per heavy atom. The lowest BCUT2D eigenvalue weighted by atomic mass is 10.1. The first-order valence-electron chi connectivity index (χ1n) is 10.6. The Bertz CT molecular complexity index is 955. The minimum absolute atomic E-state index is 0.0222. The van der Waals surface area contributed by atoms with E-state index in [0.717, 1.165) is 35.3 Å². The summed E-state index contributed by atoms with van der Waals surface area (Å²) in [6.07, 6.45) is 1.00. The molecule has 2 aromatic carbocycles. The van der Waals surface area contributed by atoms with Crippen LogP contribution in [0.4, 0.5) is 0 Å². The average molecular weight is 439 g/mol. The fourth-order valence-electron chi connectivity index (χ4n) is 2.90. The molecule has 1 heterocycles. The topological polar surface area (TPSA) is 69.0 Å².